The summed E-state index contributed by atoms with van der Waals surface area (Å²) >= 11 is 0. The third kappa shape index (κ3) is 5.20. The first kappa shape index (κ1) is 21.9. The minimum Gasteiger partial charge on any atom is -0.459 e. The second kappa shape index (κ2) is 8.90. The highest BCUT2D eigenvalue weighted by atomic mass is 16.5. The van der Waals surface area contributed by atoms with Crippen LogP contribution in [0.3, 0.4) is 0 Å². The van der Waals surface area contributed by atoms with Crippen LogP contribution in [0.15, 0.2) is 34.7 Å². The van der Waals surface area contributed by atoms with Crippen molar-refractivity contribution in [2.45, 2.75) is 46.6 Å². The number of hydrogen-bond donors (Lipinski definition) is 1. The van der Waals surface area contributed by atoms with E-state index in [9.17, 15) is 14.4 Å². The van der Waals surface area contributed by atoms with E-state index in [0.29, 0.717) is 31.7 Å². The van der Waals surface area contributed by atoms with Crippen LogP contribution >= 0.6 is 0 Å². The van der Waals surface area contributed by atoms with Crippen molar-refractivity contribution in [3.05, 3.63) is 36.1 Å². The fraction of sp³-hybridized carbons (Fsp3) is 0.522. The van der Waals surface area contributed by atoms with Gasteiger partial charge in [0, 0.05) is 23.9 Å². The summed E-state index contributed by atoms with van der Waals surface area (Å²) < 4.78 is 11.0. The molecular weight excluding hydrogens is 384 g/mol. The van der Waals surface area contributed by atoms with E-state index < -0.39 is 5.41 Å². The molecule has 30 heavy (non-hydrogen) atoms. The van der Waals surface area contributed by atoms with Gasteiger partial charge in [0.15, 0.2) is 6.61 Å². The number of carbonyl (C=O) groups is 3. The monoisotopic (exact) mass is 414 g/mol. The van der Waals surface area contributed by atoms with Gasteiger partial charge >= 0.3 is 5.97 Å². The van der Waals surface area contributed by atoms with Crippen molar-refractivity contribution < 1.29 is 23.5 Å². The zero-order valence-corrected chi connectivity index (χ0v) is 18.1. The summed E-state index contributed by atoms with van der Waals surface area (Å²) in [4.78, 5) is 38.7. The Labute approximate surface area is 176 Å². The van der Waals surface area contributed by atoms with Crippen LogP contribution in [0.1, 0.15) is 52.3 Å². The van der Waals surface area contributed by atoms with Crippen LogP contribution in [0.5, 0.6) is 0 Å². The zero-order chi connectivity index (χ0) is 21.9. The second-order valence-corrected chi connectivity index (χ2v) is 8.90. The van der Waals surface area contributed by atoms with Crippen molar-refractivity contribution in [1.29, 1.82) is 0 Å². The first-order chi connectivity index (χ1) is 14.1. The molecule has 7 heteroatoms. The molecule has 1 aromatic carbocycles. The summed E-state index contributed by atoms with van der Waals surface area (Å²) in [5.41, 5.74) is 0.332. The maximum atomic E-state index is 12.3. The van der Waals surface area contributed by atoms with Crippen molar-refractivity contribution in [3.63, 3.8) is 0 Å². The first-order valence-corrected chi connectivity index (χ1v) is 10.4. The third-order valence-electron chi connectivity index (χ3n) is 5.35. The number of ether oxygens (including phenoxy) is 1. The lowest BCUT2D eigenvalue weighted by Crippen LogP contribution is -2.45. The van der Waals surface area contributed by atoms with E-state index in [4.69, 9.17) is 9.15 Å². The largest absolute Gasteiger partial charge is 0.459 e. The molecule has 1 atom stereocenters. The summed E-state index contributed by atoms with van der Waals surface area (Å²) in [5, 5.41) is 3.76. The molecule has 1 saturated heterocycles. The van der Waals surface area contributed by atoms with Gasteiger partial charge in [-0.3, -0.25) is 14.4 Å². The number of furan rings is 1. The van der Waals surface area contributed by atoms with E-state index in [2.05, 4.69) is 5.32 Å². The van der Waals surface area contributed by atoms with Crippen LogP contribution in [0.25, 0.3) is 11.0 Å². The van der Waals surface area contributed by atoms with E-state index in [1.165, 1.54) is 0 Å². The molecule has 7 nitrogen and oxygen atoms in total. The summed E-state index contributed by atoms with van der Waals surface area (Å²) in [7, 11) is 0. The van der Waals surface area contributed by atoms with Gasteiger partial charge in [-0.2, -0.15) is 0 Å². The molecule has 1 aliphatic rings. The van der Waals surface area contributed by atoms with Crippen molar-refractivity contribution in [2.75, 3.05) is 19.7 Å². The molecule has 0 saturated carbocycles. The Kier molecular flexibility index (Phi) is 6.48. The number of benzene rings is 1. The quantitative estimate of drug-likeness (QED) is 0.757. The lowest BCUT2D eigenvalue weighted by atomic mass is 9.91. The molecule has 1 fully saturated rings. The van der Waals surface area contributed by atoms with E-state index >= 15 is 0 Å². The van der Waals surface area contributed by atoms with Crippen molar-refractivity contribution in [2.24, 2.45) is 11.3 Å². The molecule has 2 aromatic rings. The minimum absolute atomic E-state index is 0.0910. The van der Waals surface area contributed by atoms with Gasteiger partial charge in [-0.15, -0.1) is 0 Å². The van der Waals surface area contributed by atoms with Crippen LogP contribution in [-0.2, 0) is 19.1 Å². The van der Waals surface area contributed by atoms with E-state index in [1.807, 2.05) is 58.0 Å². The van der Waals surface area contributed by atoms with Crippen molar-refractivity contribution >= 4 is 28.8 Å². The Morgan fingerprint density at radius 3 is 2.50 bits per heavy atom. The second-order valence-electron chi connectivity index (χ2n) is 8.90. The lowest BCUT2D eigenvalue weighted by molar-refractivity contribution is -0.155. The van der Waals surface area contributed by atoms with E-state index in [-0.39, 0.29) is 36.4 Å². The maximum absolute atomic E-state index is 12.3. The van der Waals surface area contributed by atoms with Gasteiger partial charge in [-0.05, 0) is 31.9 Å². The number of carbonyl (C=O) groups excluding carboxylic acids is 3. The molecular formula is C23H30N2O5. The Morgan fingerprint density at radius 1 is 1.20 bits per heavy atom. The minimum atomic E-state index is -0.429. The lowest BCUT2D eigenvalue weighted by Gasteiger charge is -2.34. The van der Waals surface area contributed by atoms with Crippen molar-refractivity contribution in [3.8, 4) is 0 Å². The standard InChI is InChI=1S/C23H30N2O5/c1-15(19-13-17-7-5-6-8-18(17)30-19)24-20(26)14-29-21(27)16-9-11-25(12-10-16)22(28)23(2,3)4/h5-8,13,15-16H,9-12,14H2,1-4H3,(H,24,26)/t15-/m0/s1. The van der Waals surface area contributed by atoms with Crippen LogP contribution in [0.2, 0.25) is 0 Å². The Morgan fingerprint density at radius 2 is 1.87 bits per heavy atom. The van der Waals surface area contributed by atoms with Gasteiger partial charge in [0.05, 0.1) is 12.0 Å². The predicted molar refractivity (Wildman–Crippen MR) is 112 cm³/mol. The Balaban J connectivity index is 1.43. The topological polar surface area (TPSA) is 88.9 Å². The number of fused-ring (bicyclic) bond motifs is 1. The number of esters is 1. The molecule has 0 aliphatic carbocycles. The Bertz CT molecular complexity index is 886. The van der Waals surface area contributed by atoms with E-state index in [1.54, 1.807) is 4.90 Å². The van der Waals surface area contributed by atoms with Gasteiger partial charge in [0.2, 0.25) is 5.91 Å². The van der Waals surface area contributed by atoms with Gasteiger partial charge < -0.3 is 19.4 Å². The summed E-state index contributed by atoms with van der Waals surface area (Å²) in [6.45, 7) is 8.22. The molecule has 0 radical (unpaired) electrons. The van der Waals surface area contributed by atoms with Gasteiger partial charge in [0.1, 0.15) is 11.3 Å². The number of nitrogens with one attached hydrogen (secondary N) is 1. The summed E-state index contributed by atoms with van der Waals surface area (Å²) in [6.07, 6.45) is 1.11. The fourth-order valence-corrected chi connectivity index (χ4v) is 3.62. The zero-order valence-electron chi connectivity index (χ0n) is 18.1. The molecule has 3 rings (SSSR count). The molecule has 1 N–H and O–H groups in total. The van der Waals surface area contributed by atoms with Gasteiger partial charge in [0.25, 0.3) is 5.91 Å². The number of likely N-dealkylation sites (tertiary alicyclic amines) is 1. The molecule has 0 spiro atoms. The van der Waals surface area contributed by atoms with Crippen LogP contribution in [-0.4, -0.2) is 42.4 Å². The normalized spacial score (nSPS) is 16.3. The van der Waals surface area contributed by atoms with Crippen LogP contribution in [0.4, 0.5) is 0 Å². The van der Waals surface area contributed by atoms with Crippen LogP contribution < -0.4 is 5.32 Å². The average molecular weight is 415 g/mol. The highest BCUT2D eigenvalue weighted by Gasteiger charge is 2.33. The number of piperidine rings is 1. The summed E-state index contributed by atoms with van der Waals surface area (Å²) in [6, 6.07) is 9.18. The van der Waals surface area contributed by atoms with Gasteiger partial charge in [-0.25, -0.2) is 0 Å². The third-order valence-corrected chi connectivity index (χ3v) is 5.35. The molecule has 0 unspecified atom stereocenters. The predicted octanol–water partition coefficient (Wildman–Crippen LogP) is 3.44. The molecule has 2 heterocycles. The van der Waals surface area contributed by atoms with Gasteiger partial charge in [-0.1, -0.05) is 39.0 Å². The number of amides is 2. The number of para-hydroxylation sites is 1. The maximum Gasteiger partial charge on any atom is 0.309 e. The molecule has 2 amide bonds. The number of hydrogen-bond acceptors (Lipinski definition) is 5. The van der Waals surface area contributed by atoms with E-state index in [0.717, 1.165) is 11.0 Å². The highest BCUT2D eigenvalue weighted by Crippen LogP contribution is 2.25. The highest BCUT2D eigenvalue weighted by molar-refractivity contribution is 5.83. The SMILES string of the molecule is C[C@H](NC(=O)COC(=O)C1CCN(C(=O)C(C)(C)C)CC1)c1cc2ccccc2o1. The number of nitrogens with zero attached hydrogens (tertiary/aromatic N) is 1. The fourth-order valence-electron chi connectivity index (χ4n) is 3.62. The summed E-state index contributed by atoms with van der Waals surface area (Å²) in [5.74, 6) is -0.310. The average Bonchev–Trinajstić information content (AvgIpc) is 3.15. The Hall–Kier alpha value is -2.83. The number of rotatable bonds is 5. The molecule has 0 bridgehead atoms. The molecule has 1 aromatic heterocycles. The first-order valence-electron chi connectivity index (χ1n) is 10.4. The molecule has 1 aliphatic heterocycles. The van der Waals surface area contributed by atoms with Crippen LogP contribution in [0, 0.1) is 11.3 Å². The van der Waals surface area contributed by atoms with Crippen molar-refractivity contribution in [1.82, 2.24) is 10.2 Å². The smallest absolute Gasteiger partial charge is 0.309 e. The molecule has 162 valence electrons.